The van der Waals surface area contributed by atoms with Gasteiger partial charge in [-0.25, -0.2) is 9.18 Å². The zero-order valence-electron chi connectivity index (χ0n) is 15.0. The maximum absolute atomic E-state index is 12.9. The third-order valence-corrected chi connectivity index (χ3v) is 3.66. The van der Waals surface area contributed by atoms with Gasteiger partial charge in [-0.05, 0) is 48.7 Å². The molecule has 2 aromatic carbocycles. The second-order valence-corrected chi connectivity index (χ2v) is 6.11. The van der Waals surface area contributed by atoms with Crippen molar-refractivity contribution in [3.05, 3.63) is 59.9 Å². The highest BCUT2D eigenvalue weighted by atomic mass is 19.1. The summed E-state index contributed by atoms with van der Waals surface area (Å²) in [4.78, 5) is 24.0. The number of anilines is 1. The molecule has 0 unspecified atom stereocenters. The van der Waals surface area contributed by atoms with E-state index >= 15 is 0 Å². The predicted octanol–water partition coefficient (Wildman–Crippen LogP) is 3.90. The SMILES string of the molecule is CC(C)c1ccccc1NC(=O)COC(=O)[C@@H](C)Oc1ccc(F)cc1. The fourth-order valence-electron chi connectivity index (χ4n) is 2.32. The van der Waals surface area contributed by atoms with Crippen molar-refractivity contribution in [3.8, 4) is 5.75 Å². The van der Waals surface area contributed by atoms with E-state index in [4.69, 9.17) is 9.47 Å². The number of nitrogens with one attached hydrogen (secondary N) is 1. The molecule has 0 aliphatic carbocycles. The van der Waals surface area contributed by atoms with Gasteiger partial charge in [0.05, 0.1) is 0 Å². The van der Waals surface area contributed by atoms with Gasteiger partial charge in [0.1, 0.15) is 11.6 Å². The van der Waals surface area contributed by atoms with Crippen LogP contribution in [0, 0.1) is 5.82 Å². The molecule has 138 valence electrons. The first-order chi connectivity index (χ1) is 12.4. The number of benzene rings is 2. The van der Waals surface area contributed by atoms with Gasteiger partial charge in [0.15, 0.2) is 12.7 Å². The van der Waals surface area contributed by atoms with Gasteiger partial charge in [0.25, 0.3) is 5.91 Å². The van der Waals surface area contributed by atoms with Crippen LogP contribution in [0.4, 0.5) is 10.1 Å². The van der Waals surface area contributed by atoms with Crippen LogP contribution in [0.5, 0.6) is 5.75 Å². The second-order valence-electron chi connectivity index (χ2n) is 6.11. The normalized spacial score (nSPS) is 11.7. The van der Waals surface area contributed by atoms with Crippen molar-refractivity contribution in [1.29, 1.82) is 0 Å². The van der Waals surface area contributed by atoms with Crippen LogP contribution >= 0.6 is 0 Å². The Balaban J connectivity index is 1.84. The Morgan fingerprint density at radius 3 is 2.35 bits per heavy atom. The van der Waals surface area contributed by atoms with Crippen molar-refractivity contribution in [2.45, 2.75) is 32.8 Å². The molecule has 0 aromatic heterocycles. The molecular formula is C20H22FNO4. The summed E-state index contributed by atoms with van der Waals surface area (Å²) >= 11 is 0. The minimum absolute atomic E-state index is 0.248. The number of para-hydroxylation sites is 1. The predicted molar refractivity (Wildman–Crippen MR) is 96.6 cm³/mol. The first kappa shape index (κ1) is 19.4. The second kappa shape index (κ2) is 8.99. The zero-order chi connectivity index (χ0) is 19.1. The standard InChI is InChI=1S/C20H22FNO4/c1-13(2)17-6-4-5-7-18(17)22-19(23)12-25-20(24)14(3)26-16-10-8-15(21)9-11-16/h4-11,13-14H,12H2,1-3H3,(H,22,23)/t14-/m1/s1. The fourth-order valence-corrected chi connectivity index (χ4v) is 2.32. The molecule has 6 heteroatoms. The first-order valence-electron chi connectivity index (χ1n) is 8.34. The van der Waals surface area contributed by atoms with Crippen LogP contribution < -0.4 is 10.1 Å². The summed E-state index contributed by atoms with van der Waals surface area (Å²) in [6, 6.07) is 12.7. The zero-order valence-corrected chi connectivity index (χ0v) is 15.0. The lowest BCUT2D eigenvalue weighted by atomic mass is 10.0. The smallest absolute Gasteiger partial charge is 0.347 e. The van der Waals surface area contributed by atoms with E-state index in [1.807, 2.05) is 32.0 Å². The van der Waals surface area contributed by atoms with Crippen molar-refractivity contribution in [2.24, 2.45) is 0 Å². The third-order valence-electron chi connectivity index (χ3n) is 3.66. The van der Waals surface area contributed by atoms with E-state index in [2.05, 4.69) is 5.32 Å². The molecule has 0 aliphatic heterocycles. The summed E-state index contributed by atoms with van der Waals surface area (Å²) in [5.74, 6) is -0.919. The van der Waals surface area contributed by atoms with Gasteiger partial charge in [-0.3, -0.25) is 4.79 Å². The number of halogens is 1. The number of carbonyl (C=O) groups is 2. The molecule has 0 saturated carbocycles. The van der Waals surface area contributed by atoms with Gasteiger partial charge in [0.2, 0.25) is 0 Å². The maximum Gasteiger partial charge on any atom is 0.347 e. The highest BCUT2D eigenvalue weighted by Crippen LogP contribution is 2.23. The molecule has 26 heavy (non-hydrogen) atoms. The fraction of sp³-hybridized carbons (Fsp3) is 0.300. The Morgan fingerprint density at radius 2 is 1.69 bits per heavy atom. The Labute approximate surface area is 152 Å². The summed E-state index contributed by atoms with van der Waals surface area (Å²) in [6.07, 6.45) is -0.920. The van der Waals surface area contributed by atoms with Gasteiger partial charge in [-0.2, -0.15) is 0 Å². The number of hydrogen-bond acceptors (Lipinski definition) is 4. The van der Waals surface area contributed by atoms with Gasteiger partial charge in [0, 0.05) is 5.69 Å². The summed E-state index contributed by atoms with van der Waals surface area (Å²) < 4.78 is 23.2. The molecule has 0 saturated heterocycles. The molecule has 0 bridgehead atoms. The van der Waals surface area contributed by atoms with E-state index < -0.39 is 30.4 Å². The minimum atomic E-state index is -0.920. The number of hydrogen-bond donors (Lipinski definition) is 1. The number of ether oxygens (including phenoxy) is 2. The van der Waals surface area contributed by atoms with Gasteiger partial charge in [-0.1, -0.05) is 32.0 Å². The largest absolute Gasteiger partial charge is 0.479 e. The van der Waals surface area contributed by atoms with E-state index in [1.54, 1.807) is 6.07 Å². The molecule has 0 heterocycles. The monoisotopic (exact) mass is 359 g/mol. The molecule has 0 fully saturated rings. The lowest BCUT2D eigenvalue weighted by molar-refractivity contribution is -0.153. The number of amides is 1. The lowest BCUT2D eigenvalue weighted by Crippen LogP contribution is -2.29. The lowest BCUT2D eigenvalue weighted by Gasteiger charge is -2.15. The van der Waals surface area contributed by atoms with Gasteiger partial charge < -0.3 is 14.8 Å². The summed E-state index contributed by atoms with van der Waals surface area (Å²) in [5.41, 5.74) is 1.69. The van der Waals surface area contributed by atoms with E-state index in [-0.39, 0.29) is 5.92 Å². The third kappa shape index (κ3) is 5.58. The molecule has 0 radical (unpaired) electrons. The van der Waals surface area contributed by atoms with Crippen molar-refractivity contribution >= 4 is 17.6 Å². The van der Waals surface area contributed by atoms with Crippen LogP contribution in [0.3, 0.4) is 0 Å². The van der Waals surface area contributed by atoms with Crippen LogP contribution in [-0.2, 0) is 14.3 Å². The summed E-state index contributed by atoms with van der Waals surface area (Å²) in [6.45, 7) is 5.14. The summed E-state index contributed by atoms with van der Waals surface area (Å²) in [5, 5.41) is 2.74. The number of carbonyl (C=O) groups excluding carboxylic acids is 2. The molecule has 5 nitrogen and oxygen atoms in total. The topological polar surface area (TPSA) is 64.6 Å². The number of rotatable bonds is 7. The minimum Gasteiger partial charge on any atom is -0.479 e. The Morgan fingerprint density at radius 1 is 1.04 bits per heavy atom. The van der Waals surface area contributed by atoms with Crippen molar-refractivity contribution < 1.29 is 23.5 Å². The van der Waals surface area contributed by atoms with E-state index in [9.17, 15) is 14.0 Å². The van der Waals surface area contributed by atoms with Crippen molar-refractivity contribution in [3.63, 3.8) is 0 Å². The van der Waals surface area contributed by atoms with E-state index in [1.165, 1.54) is 31.2 Å². The Hall–Kier alpha value is -2.89. The quantitative estimate of drug-likeness (QED) is 0.762. The summed E-state index contributed by atoms with van der Waals surface area (Å²) in [7, 11) is 0. The van der Waals surface area contributed by atoms with E-state index in [0.29, 0.717) is 11.4 Å². The molecule has 1 N–H and O–H groups in total. The van der Waals surface area contributed by atoms with Crippen LogP contribution in [0.2, 0.25) is 0 Å². The highest BCUT2D eigenvalue weighted by molar-refractivity contribution is 5.93. The Kier molecular flexibility index (Phi) is 6.72. The highest BCUT2D eigenvalue weighted by Gasteiger charge is 2.18. The van der Waals surface area contributed by atoms with Gasteiger partial charge in [-0.15, -0.1) is 0 Å². The van der Waals surface area contributed by atoms with Crippen molar-refractivity contribution in [1.82, 2.24) is 0 Å². The van der Waals surface area contributed by atoms with Gasteiger partial charge >= 0.3 is 5.97 Å². The van der Waals surface area contributed by atoms with Crippen molar-refractivity contribution in [2.75, 3.05) is 11.9 Å². The van der Waals surface area contributed by atoms with Crippen LogP contribution in [0.25, 0.3) is 0 Å². The molecule has 1 amide bonds. The maximum atomic E-state index is 12.9. The van der Waals surface area contributed by atoms with Crippen LogP contribution in [0.15, 0.2) is 48.5 Å². The molecule has 0 spiro atoms. The Bertz CT molecular complexity index is 759. The average Bonchev–Trinajstić information content (AvgIpc) is 2.61. The molecule has 2 aromatic rings. The number of esters is 1. The average molecular weight is 359 g/mol. The van der Waals surface area contributed by atoms with E-state index in [0.717, 1.165) is 5.56 Å². The first-order valence-corrected chi connectivity index (χ1v) is 8.34. The van der Waals surface area contributed by atoms with Crippen LogP contribution in [0.1, 0.15) is 32.3 Å². The molecule has 0 aliphatic rings. The van der Waals surface area contributed by atoms with Crippen LogP contribution in [-0.4, -0.2) is 24.6 Å². The molecule has 2 rings (SSSR count). The molecular weight excluding hydrogens is 337 g/mol. The molecule has 1 atom stereocenters.